The Morgan fingerprint density at radius 1 is 0.689 bits per heavy atom. The summed E-state index contributed by atoms with van der Waals surface area (Å²) >= 11 is 0. The van der Waals surface area contributed by atoms with Crippen LogP contribution in [0.2, 0.25) is 0 Å². The molecule has 0 spiro atoms. The van der Waals surface area contributed by atoms with Crippen molar-refractivity contribution in [3.8, 4) is 17.2 Å². The lowest BCUT2D eigenvalue weighted by Gasteiger charge is -2.29. The van der Waals surface area contributed by atoms with E-state index < -0.39 is 96.9 Å². The number of carbonyl (C=O) groups excluding carboxylic acids is 6. The van der Waals surface area contributed by atoms with E-state index in [4.69, 9.17) is 5.73 Å². The molecule has 0 unspecified atom stereocenters. The summed E-state index contributed by atoms with van der Waals surface area (Å²) in [6.07, 6.45) is -1.20. The number of nitrogens with zero attached hydrogens (tertiary/aromatic N) is 1. The van der Waals surface area contributed by atoms with Crippen LogP contribution in [0.4, 0.5) is 0 Å². The summed E-state index contributed by atoms with van der Waals surface area (Å²) in [5, 5.41) is 70.5. The van der Waals surface area contributed by atoms with Crippen molar-refractivity contribution >= 4 is 41.4 Å². The van der Waals surface area contributed by atoms with Crippen molar-refractivity contribution < 1.29 is 64.2 Å². The number of carbonyl (C=O) groups is 7. The highest BCUT2D eigenvalue weighted by molar-refractivity contribution is 5.96. The van der Waals surface area contributed by atoms with E-state index in [9.17, 15) is 64.2 Å². The van der Waals surface area contributed by atoms with Crippen LogP contribution in [0.15, 0.2) is 72.8 Å². The molecule has 0 aliphatic carbocycles. The first-order valence-corrected chi connectivity index (χ1v) is 19.3. The number of phenols is 3. The molecular formula is C41H51N7O13. The normalized spacial score (nSPS) is 16.5. The van der Waals surface area contributed by atoms with Crippen LogP contribution in [0.1, 0.15) is 36.5 Å². The number of aliphatic hydroxyl groups is 2. The molecule has 13 N–H and O–H groups in total. The number of amides is 6. The van der Waals surface area contributed by atoms with Crippen LogP contribution in [-0.4, -0.2) is 139 Å². The minimum Gasteiger partial charge on any atom is -0.508 e. The Hall–Kier alpha value is -6.77. The highest BCUT2D eigenvalue weighted by atomic mass is 16.4. The number of aromatic hydroxyl groups is 3. The number of rotatable bonds is 20. The molecule has 7 atom stereocenters. The van der Waals surface area contributed by atoms with Crippen LogP contribution in [0, 0.1) is 0 Å². The highest BCUT2D eigenvalue weighted by Crippen LogP contribution is 2.20. The zero-order valence-electron chi connectivity index (χ0n) is 33.2. The number of aliphatic carboxylic acids is 1. The molecule has 1 heterocycles. The number of hydrogen-bond acceptors (Lipinski definition) is 13. The summed E-state index contributed by atoms with van der Waals surface area (Å²) < 4.78 is 0. The van der Waals surface area contributed by atoms with Gasteiger partial charge in [-0.05, 0) is 79.3 Å². The molecule has 1 fully saturated rings. The summed E-state index contributed by atoms with van der Waals surface area (Å²) in [6.45, 7) is -0.407. The van der Waals surface area contributed by atoms with Gasteiger partial charge in [-0.15, -0.1) is 0 Å². The Balaban J connectivity index is 1.40. The van der Waals surface area contributed by atoms with Crippen LogP contribution >= 0.6 is 0 Å². The summed E-state index contributed by atoms with van der Waals surface area (Å²) in [5.41, 5.74) is 7.78. The van der Waals surface area contributed by atoms with Crippen LogP contribution in [0.5, 0.6) is 17.2 Å². The average molecular weight is 850 g/mol. The molecule has 0 radical (unpaired) electrons. The fraction of sp³-hybridized carbons (Fsp3) is 0.390. The maximum Gasteiger partial charge on any atom is 0.328 e. The lowest BCUT2D eigenvalue weighted by molar-refractivity contribution is -0.145. The number of likely N-dealkylation sites (tertiary alicyclic amines) is 1. The predicted octanol–water partition coefficient (Wildman–Crippen LogP) is -2.34. The second-order valence-electron chi connectivity index (χ2n) is 14.6. The topological polar surface area (TPSA) is 330 Å². The minimum absolute atomic E-state index is 0.0270. The van der Waals surface area contributed by atoms with Crippen LogP contribution in [0.3, 0.4) is 0 Å². The number of aliphatic hydroxyl groups excluding tert-OH is 2. The molecule has 4 rings (SSSR count). The predicted molar refractivity (Wildman–Crippen MR) is 215 cm³/mol. The number of phenolic OH excluding ortho intramolecular Hbond substituents is 3. The molecule has 6 amide bonds. The quantitative estimate of drug-likeness (QED) is 0.0568. The number of hydrogen-bond donors (Lipinski definition) is 12. The molecule has 1 saturated heterocycles. The molecule has 61 heavy (non-hydrogen) atoms. The van der Waals surface area contributed by atoms with E-state index in [1.807, 2.05) is 0 Å². The second kappa shape index (κ2) is 22.0. The van der Waals surface area contributed by atoms with Gasteiger partial charge >= 0.3 is 5.97 Å². The number of nitrogens with two attached hydrogens (primary N) is 1. The first-order chi connectivity index (χ1) is 28.9. The zero-order valence-corrected chi connectivity index (χ0v) is 33.2. The molecule has 1 aliphatic rings. The standard InChI is InChI=1S/C41H51N7O13/c1-22(50)35(41(60)61)47-38(57)31(19-25-8-14-28(53)15-9-25)46-39(58)33-3-2-16-48(33)40(59)32(21-49)44-34(54)20-43-37(56)30(18-24-6-12-27(52)13-7-24)45-36(55)29(42)17-23-4-10-26(51)11-5-23/h4-15,22,29-33,35,49-53H,2-3,16-21,42H2,1H3,(H,43,56)(H,44,54)(H,45,55)(H,46,58)(H,47,57)(H,60,61)/t22-,29+,30+,31+,32+,33+,35+/m1/s1. The number of benzene rings is 3. The van der Waals surface area contributed by atoms with E-state index in [0.717, 1.165) is 11.8 Å². The highest BCUT2D eigenvalue weighted by Gasteiger charge is 2.39. The summed E-state index contributed by atoms with van der Waals surface area (Å²) in [4.78, 5) is 93.0. The van der Waals surface area contributed by atoms with Crippen LogP contribution in [0.25, 0.3) is 0 Å². The maximum absolute atomic E-state index is 13.7. The first-order valence-electron chi connectivity index (χ1n) is 19.3. The van der Waals surface area contributed by atoms with Gasteiger partial charge in [0.25, 0.3) is 0 Å². The van der Waals surface area contributed by atoms with Crippen molar-refractivity contribution in [1.82, 2.24) is 31.5 Å². The first kappa shape index (κ1) is 46.9. The third-order valence-corrected chi connectivity index (χ3v) is 9.87. The molecular weight excluding hydrogens is 798 g/mol. The molecule has 20 nitrogen and oxygen atoms in total. The van der Waals surface area contributed by atoms with Gasteiger partial charge in [0.05, 0.1) is 25.3 Å². The molecule has 0 saturated carbocycles. The zero-order chi connectivity index (χ0) is 44.8. The third kappa shape index (κ3) is 13.9. The Morgan fingerprint density at radius 3 is 1.66 bits per heavy atom. The van der Waals surface area contributed by atoms with E-state index >= 15 is 0 Å². The van der Waals surface area contributed by atoms with Gasteiger partial charge in [0.15, 0.2) is 6.04 Å². The SMILES string of the molecule is C[C@@H](O)[C@H](NC(=O)[C@H](Cc1ccc(O)cc1)NC(=O)[C@@H]1CCCN1C(=O)[C@H](CO)NC(=O)CNC(=O)[C@H](Cc1ccc(O)cc1)NC(=O)[C@@H](N)Cc1ccc(O)cc1)C(=O)O. The Morgan fingerprint density at radius 2 is 1.18 bits per heavy atom. The smallest absolute Gasteiger partial charge is 0.328 e. The fourth-order valence-electron chi connectivity index (χ4n) is 6.55. The third-order valence-electron chi connectivity index (χ3n) is 9.87. The van der Waals surface area contributed by atoms with Crippen molar-refractivity contribution in [2.24, 2.45) is 5.73 Å². The van der Waals surface area contributed by atoms with E-state index in [1.165, 1.54) is 60.7 Å². The van der Waals surface area contributed by atoms with E-state index in [-0.39, 0.29) is 49.5 Å². The fourth-order valence-corrected chi connectivity index (χ4v) is 6.55. The number of carboxylic acid groups (broad SMARTS) is 1. The van der Waals surface area contributed by atoms with Crippen LogP contribution in [-0.2, 0) is 52.8 Å². The van der Waals surface area contributed by atoms with E-state index in [0.29, 0.717) is 23.1 Å². The lowest BCUT2D eigenvalue weighted by Crippen LogP contribution is -2.59. The van der Waals surface area contributed by atoms with Gasteiger partial charge in [0.1, 0.15) is 41.4 Å². The summed E-state index contributed by atoms with van der Waals surface area (Å²) in [7, 11) is 0. The average Bonchev–Trinajstić information content (AvgIpc) is 3.73. The maximum atomic E-state index is 13.7. The minimum atomic E-state index is -1.71. The van der Waals surface area contributed by atoms with Crippen molar-refractivity contribution in [1.29, 1.82) is 0 Å². The molecule has 3 aromatic rings. The molecule has 1 aliphatic heterocycles. The molecule has 0 aromatic heterocycles. The Labute approximate surface area is 350 Å². The molecule has 0 bridgehead atoms. The summed E-state index contributed by atoms with van der Waals surface area (Å²) in [6, 6.07) is 9.34. The van der Waals surface area contributed by atoms with Crippen molar-refractivity contribution in [3.63, 3.8) is 0 Å². The summed E-state index contributed by atoms with van der Waals surface area (Å²) in [5.74, 6) is -6.58. The lowest BCUT2D eigenvalue weighted by atomic mass is 10.0. The van der Waals surface area contributed by atoms with Crippen molar-refractivity contribution in [3.05, 3.63) is 89.5 Å². The Bertz CT molecular complexity index is 2010. The number of carboxylic acids is 1. The van der Waals surface area contributed by atoms with E-state index in [2.05, 4.69) is 26.6 Å². The monoisotopic (exact) mass is 849 g/mol. The second-order valence-corrected chi connectivity index (χ2v) is 14.6. The van der Waals surface area contributed by atoms with Gasteiger partial charge in [-0.3, -0.25) is 28.8 Å². The van der Waals surface area contributed by atoms with Crippen molar-refractivity contribution in [2.75, 3.05) is 19.7 Å². The van der Waals surface area contributed by atoms with Crippen LogP contribution < -0.4 is 32.3 Å². The van der Waals surface area contributed by atoms with Gasteiger partial charge < -0.3 is 67.9 Å². The van der Waals surface area contributed by atoms with Gasteiger partial charge in [-0.2, -0.15) is 0 Å². The molecule has 20 heteroatoms. The van der Waals surface area contributed by atoms with Crippen molar-refractivity contribution in [2.45, 2.75) is 81.4 Å². The van der Waals surface area contributed by atoms with Gasteiger partial charge in [0, 0.05) is 19.4 Å². The molecule has 3 aromatic carbocycles. The largest absolute Gasteiger partial charge is 0.508 e. The van der Waals surface area contributed by atoms with Gasteiger partial charge in [-0.1, -0.05) is 36.4 Å². The Kier molecular flexibility index (Phi) is 16.9. The molecule has 328 valence electrons. The number of nitrogens with one attached hydrogen (secondary N) is 5. The van der Waals surface area contributed by atoms with Gasteiger partial charge in [-0.25, -0.2) is 4.79 Å². The van der Waals surface area contributed by atoms with Gasteiger partial charge in [0.2, 0.25) is 35.4 Å². The van der Waals surface area contributed by atoms with E-state index in [1.54, 1.807) is 12.1 Å².